The van der Waals surface area contributed by atoms with Crippen LogP contribution in [0.15, 0.2) is 34.7 Å². The third-order valence-electron chi connectivity index (χ3n) is 3.13. The van der Waals surface area contributed by atoms with Gasteiger partial charge in [0.1, 0.15) is 0 Å². The average Bonchev–Trinajstić information content (AvgIpc) is 3.04. The summed E-state index contributed by atoms with van der Waals surface area (Å²) in [6.07, 6.45) is 17.4. The van der Waals surface area contributed by atoms with Crippen molar-refractivity contribution in [1.29, 1.82) is 0 Å². The van der Waals surface area contributed by atoms with Gasteiger partial charge in [0.15, 0.2) is 0 Å². The van der Waals surface area contributed by atoms with Crippen LogP contribution in [0.25, 0.3) is 0 Å². The van der Waals surface area contributed by atoms with Gasteiger partial charge in [-0.05, 0) is 16.1 Å². The molecule has 0 heterocycles. The maximum atomic E-state index is 3.39. The largest absolute Gasteiger partial charge is 1.00 e. The van der Waals surface area contributed by atoms with Crippen molar-refractivity contribution in [2.24, 2.45) is 0 Å². The summed E-state index contributed by atoms with van der Waals surface area (Å²) >= 11 is 1.06. The Labute approximate surface area is 167 Å². The minimum atomic E-state index is -0.981. The van der Waals surface area contributed by atoms with Gasteiger partial charge in [0.2, 0.25) is 0 Å². The van der Waals surface area contributed by atoms with Crippen LogP contribution in [0, 0.1) is 12.2 Å². The number of allylic oxidation sites excluding steroid dienone is 8. The molecular formula is C17H28Cl2HfSi2-2. The molecule has 2 aliphatic rings. The molecular weight excluding hydrogens is 510 g/mol. The first-order chi connectivity index (χ1) is 9.21. The number of rotatable bonds is 2. The van der Waals surface area contributed by atoms with Crippen LogP contribution in [0.5, 0.6) is 0 Å². The fourth-order valence-corrected chi connectivity index (χ4v) is 4.34. The first kappa shape index (κ1) is 27.6. The summed E-state index contributed by atoms with van der Waals surface area (Å²) in [6, 6.07) is 0. The summed E-state index contributed by atoms with van der Waals surface area (Å²) in [7, 11) is -1.96. The Balaban J connectivity index is -0.000000273. The Hall–Kier alpha value is 0.714. The average molecular weight is 538 g/mol. The standard InChI is InChI=1S/2C8H13Si.CH2.2ClH.Hf/c2*1-9(2,3)8-6-4-5-7-8;;;;/h2*6-7H,4H2,1-3H3;1H2;2*1H;/q2*-1;;;;+2/p-2. The Morgan fingerprint density at radius 1 is 0.773 bits per heavy atom. The SMILES string of the molecule is C[Si](C)(C)C1=CC[C-]=C1.C[Si](C)(C)C1=CC[C-]=C1.[CH2]=[Hf+2].[Cl-].[Cl-]. The maximum absolute atomic E-state index is 3.39. The summed E-state index contributed by atoms with van der Waals surface area (Å²) in [5.74, 6) is 0. The van der Waals surface area contributed by atoms with Gasteiger partial charge in [0.25, 0.3) is 0 Å². The van der Waals surface area contributed by atoms with Gasteiger partial charge in [-0.15, -0.1) is 12.8 Å². The fourth-order valence-electron chi connectivity index (χ4n) is 1.84. The molecule has 0 nitrogen and oxygen atoms in total. The van der Waals surface area contributed by atoms with Crippen LogP contribution >= 0.6 is 0 Å². The zero-order valence-corrected chi connectivity index (χ0v) is 21.8. The minimum Gasteiger partial charge on any atom is -1.00 e. The van der Waals surface area contributed by atoms with Gasteiger partial charge in [-0.1, -0.05) is 39.3 Å². The van der Waals surface area contributed by atoms with Gasteiger partial charge in [-0.3, -0.25) is 12.2 Å². The van der Waals surface area contributed by atoms with Gasteiger partial charge in [0.05, 0.1) is 0 Å². The number of halogens is 2. The second-order valence-electron chi connectivity index (χ2n) is 6.92. The molecule has 0 saturated carbocycles. The molecule has 0 aliphatic heterocycles. The van der Waals surface area contributed by atoms with E-state index >= 15 is 0 Å². The quantitative estimate of drug-likeness (QED) is 0.316. The van der Waals surface area contributed by atoms with E-state index in [2.05, 4.69) is 80.0 Å². The van der Waals surface area contributed by atoms with E-state index < -0.39 is 16.1 Å². The van der Waals surface area contributed by atoms with E-state index in [1.165, 1.54) is 0 Å². The van der Waals surface area contributed by atoms with Gasteiger partial charge < -0.3 is 24.8 Å². The summed E-state index contributed by atoms with van der Waals surface area (Å²) in [6.45, 7) is 14.2. The molecule has 2 aliphatic carbocycles. The molecule has 0 aromatic heterocycles. The molecule has 5 heteroatoms. The molecule has 0 spiro atoms. The summed E-state index contributed by atoms with van der Waals surface area (Å²) < 4.78 is 3.39. The Kier molecular flexibility index (Phi) is 16.4. The molecule has 0 bridgehead atoms. The van der Waals surface area contributed by atoms with Gasteiger partial charge in [-0.25, -0.2) is 22.5 Å². The van der Waals surface area contributed by atoms with Crippen molar-refractivity contribution in [2.45, 2.75) is 52.1 Å². The van der Waals surface area contributed by atoms with Crippen molar-refractivity contribution >= 4 is 20.4 Å². The van der Waals surface area contributed by atoms with Crippen LogP contribution < -0.4 is 24.8 Å². The summed E-state index contributed by atoms with van der Waals surface area (Å²) in [5.41, 5.74) is 0. The van der Waals surface area contributed by atoms with Crippen LogP contribution in [-0.4, -0.2) is 20.4 Å². The predicted molar refractivity (Wildman–Crippen MR) is 94.8 cm³/mol. The van der Waals surface area contributed by atoms with Crippen LogP contribution in [-0.2, 0) is 23.9 Å². The van der Waals surface area contributed by atoms with Crippen LogP contribution in [0.3, 0.4) is 0 Å². The normalized spacial score (nSPS) is 15.3. The van der Waals surface area contributed by atoms with Gasteiger partial charge in [-0.2, -0.15) is 12.2 Å². The molecule has 0 aromatic rings. The molecule has 22 heavy (non-hydrogen) atoms. The number of hydrogen-bond donors (Lipinski definition) is 0. The van der Waals surface area contributed by atoms with Crippen molar-refractivity contribution in [3.05, 3.63) is 46.8 Å². The zero-order chi connectivity index (χ0) is 15.8. The van der Waals surface area contributed by atoms with E-state index in [-0.39, 0.29) is 24.8 Å². The zero-order valence-electron chi connectivity index (χ0n) is 14.7. The molecule has 0 aromatic carbocycles. The minimum absolute atomic E-state index is 0. The van der Waals surface area contributed by atoms with Crippen molar-refractivity contribution in [3.63, 3.8) is 0 Å². The van der Waals surface area contributed by atoms with Crippen molar-refractivity contribution in [3.8, 4) is 0 Å². The second kappa shape index (κ2) is 13.1. The molecule has 0 amide bonds. The number of hydrogen-bond acceptors (Lipinski definition) is 0. The van der Waals surface area contributed by atoms with Crippen molar-refractivity contribution in [2.75, 3.05) is 0 Å². The van der Waals surface area contributed by atoms with Crippen LogP contribution in [0.1, 0.15) is 12.8 Å². The Morgan fingerprint density at radius 2 is 1.05 bits per heavy atom. The molecule has 2 rings (SSSR count). The maximum Gasteiger partial charge on any atom is -1.00 e. The van der Waals surface area contributed by atoms with Crippen LogP contribution in [0.2, 0.25) is 39.3 Å². The van der Waals surface area contributed by atoms with E-state index in [4.69, 9.17) is 0 Å². The third-order valence-corrected chi connectivity index (χ3v) is 7.29. The molecule has 0 radical (unpaired) electrons. The van der Waals surface area contributed by atoms with E-state index in [0.717, 1.165) is 36.7 Å². The third kappa shape index (κ3) is 11.3. The summed E-state index contributed by atoms with van der Waals surface area (Å²) in [5, 5.41) is 3.12. The summed E-state index contributed by atoms with van der Waals surface area (Å²) in [4.78, 5) is 0. The molecule has 0 N–H and O–H groups in total. The van der Waals surface area contributed by atoms with Crippen molar-refractivity contribution in [1.82, 2.24) is 0 Å². The smallest absolute Gasteiger partial charge is 1.00 e. The topological polar surface area (TPSA) is 0 Å². The van der Waals surface area contributed by atoms with Gasteiger partial charge >= 0.3 is 28.2 Å². The van der Waals surface area contributed by atoms with E-state index in [1.54, 1.807) is 10.4 Å². The Bertz CT molecular complexity index is 385. The molecule has 0 atom stereocenters. The molecule has 0 fully saturated rings. The first-order valence-corrected chi connectivity index (χ1v) is 16.6. The molecule has 0 saturated heterocycles. The van der Waals surface area contributed by atoms with Gasteiger partial charge in [0, 0.05) is 0 Å². The molecule has 124 valence electrons. The fraction of sp³-hybridized carbons (Fsp3) is 0.471. The van der Waals surface area contributed by atoms with E-state index in [0.29, 0.717) is 0 Å². The monoisotopic (exact) mass is 538 g/mol. The van der Waals surface area contributed by atoms with E-state index in [9.17, 15) is 0 Å². The predicted octanol–water partition coefficient (Wildman–Crippen LogP) is -0.920. The molecule has 0 unspecified atom stereocenters. The van der Waals surface area contributed by atoms with E-state index in [1.807, 2.05) is 0 Å². The Morgan fingerprint density at radius 3 is 1.14 bits per heavy atom. The second-order valence-corrected chi connectivity index (χ2v) is 17.1. The first-order valence-electron chi connectivity index (χ1n) is 7.11. The van der Waals surface area contributed by atoms with Crippen LogP contribution in [0.4, 0.5) is 0 Å². The van der Waals surface area contributed by atoms with Crippen molar-refractivity contribution < 1.29 is 48.7 Å².